The number of rotatable bonds is 6. The minimum Gasteiger partial charge on any atom is -0.478 e. The van der Waals surface area contributed by atoms with E-state index in [1.807, 2.05) is 0 Å². The highest BCUT2D eigenvalue weighted by Gasteiger charge is 2.17. The number of nitro groups is 1. The van der Waals surface area contributed by atoms with Crippen molar-refractivity contribution in [2.24, 2.45) is 0 Å². The summed E-state index contributed by atoms with van der Waals surface area (Å²) in [6.07, 6.45) is 6.47. The lowest BCUT2D eigenvalue weighted by Gasteiger charge is -2.08. The maximum absolute atomic E-state index is 11.0. The van der Waals surface area contributed by atoms with E-state index in [0.29, 0.717) is 12.2 Å². The van der Waals surface area contributed by atoms with Gasteiger partial charge in [-0.05, 0) is 37.8 Å². The molecule has 106 valence electrons. The lowest BCUT2D eigenvalue weighted by molar-refractivity contribution is -0.384. The van der Waals surface area contributed by atoms with Crippen molar-refractivity contribution < 1.29 is 14.8 Å². The summed E-state index contributed by atoms with van der Waals surface area (Å²) < 4.78 is 0. The van der Waals surface area contributed by atoms with Crippen molar-refractivity contribution in [1.29, 1.82) is 0 Å². The monoisotopic (exact) mass is 276 g/mol. The van der Waals surface area contributed by atoms with E-state index in [9.17, 15) is 14.9 Å². The summed E-state index contributed by atoms with van der Waals surface area (Å²) in [6.45, 7) is 0.610. The van der Waals surface area contributed by atoms with Crippen molar-refractivity contribution >= 4 is 17.3 Å². The molecular weight excluding hydrogens is 260 g/mol. The van der Waals surface area contributed by atoms with Crippen LogP contribution in [0.5, 0.6) is 0 Å². The Morgan fingerprint density at radius 1 is 1.45 bits per heavy atom. The second-order valence-electron chi connectivity index (χ2n) is 4.73. The average Bonchev–Trinajstić information content (AvgIpc) is 2.91. The van der Waals surface area contributed by atoms with Crippen LogP contribution in [0.3, 0.4) is 0 Å². The van der Waals surface area contributed by atoms with E-state index < -0.39 is 10.9 Å². The molecule has 0 amide bonds. The van der Waals surface area contributed by atoms with Gasteiger partial charge < -0.3 is 10.4 Å². The molecule has 0 aromatic heterocycles. The number of nitrogens with zero attached hydrogens (tertiary/aromatic N) is 1. The van der Waals surface area contributed by atoms with Gasteiger partial charge in [-0.1, -0.05) is 11.6 Å². The van der Waals surface area contributed by atoms with Crippen LogP contribution >= 0.6 is 0 Å². The molecule has 6 nitrogen and oxygen atoms in total. The molecule has 0 saturated heterocycles. The van der Waals surface area contributed by atoms with Gasteiger partial charge >= 0.3 is 5.97 Å². The molecule has 0 unspecified atom stereocenters. The predicted octanol–water partition coefficient (Wildman–Crippen LogP) is 3.21. The minimum absolute atomic E-state index is 0.0826. The zero-order valence-electron chi connectivity index (χ0n) is 11.0. The number of carboxylic acids is 1. The van der Waals surface area contributed by atoms with Crippen molar-refractivity contribution in [3.63, 3.8) is 0 Å². The molecule has 0 atom stereocenters. The molecule has 1 aromatic rings. The normalized spacial score (nSPS) is 13.9. The molecule has 0 radical (unpaired) electrons. The quantitative estimate of drug-likeness (QED) is 0.473. The van der Waals surface area contributed by atoms with Crippen molar-refractivity contribution in [2.75, 3.05) is 11.9 Å². The van der Waals surface area contributed by atoms with Gasteiger partial charge in [0, 0.05) is 12.6 Å². The van der Waals surface area contributed by atoms with E-state index in [1.54, 1.807) is 0 Å². The first-order valence-electron chi connectivity index (χ1n) is 6.51. The second-order valence-corrected chi connectivity index (χ2v) is 4.73. The van der Waals surface area contributed by atoms with Crippen LogP contribution in [0.4, 0.5) is 11.4 Å². The van der Waals surface area contributed by atoms with Gasteiger partial charge in [-0.15, -0.1) is 0 Å². The van der Waals surface area contributed by atoms with Crippen molar-refractivity contribution in [3.05, 3.63) is 45.5 Å². The fourth-order valence-electron chi connectivity index (χ4n) is 2.29. The van der Waals surface area contributed by atoms with Gasteiger partial charge in [-0.3, -0.25) is 10.1 Å². The van der Waals surface area contributed by atoms with Crippen molar-refractivity contribution in [1.82, 2.24) is 0 Å². The minimum atomic E-state index is -1.17. The standard InChI is InChI=1S/C14H16N2O4/c17-14(18)11-5-6-12(13(9-11)16(19)20)15-8-7-10-3-1-2-4-10/h3,5-6,9,15H,1-2,4,7-8H2,(H,17,18). The molecule has 0 saturated carbocycles. The summed E-state index contributed by atoms with van der Waals surface area (Å²) in [7, 11) is 0. The number of anilines is 1. The van der Waals surface area contributed by atoms with Gasteiger partial charge in [0.2, 0.25) is 0 Å². The number of nitro benzene ring substituents is 1. The SMILES string of the molecule is O=C(O)c1ccc(NCCC2=CCCC2)c([N+](=O)[O-])c1. The Labute approximate surface area is 116 Å². The fraction of sp³-hybridized carbons (Fsp3) is 0.357. The first kappa shape index (κ1) is 14.0. The molecular formula is C14H16N2O4. The van der Waals surface area contributed by atoms with Gasteiger partial charge in [-0.25, -0.2) is 4.79 Å². The van der Waals surface area contributed by atoms with Crippen molar-refractivity contribution in [2.45, 2.75) is 25.7 Å². The first-order valence-corrected chi connectivity index (χ1v) is 6.51. The van der Waals surface area contributed by atoms with Crippen LogP contribution in [0.15, 0.2) is 29.8 Å². The molecule has 6 heteroatoms. The maximum Gasteiger partial charge on any atom is 0.335 e. The fourth-order valence-corrected chi connectivity index (χ4v) is 2.29. The third kappa shape index (κ3) is 3.34. The summed E-state index contributed by atoms with van der Waals surface area (Å²) >= 11 is 0. The van der Waals surface area contributed by atoms with E-state index in [4.69, 9.17) is 5.11 Å². The second kappa shape index (κ2) is 6.18. The lowest BCUT2D eigenvalue weighted by Crippen LogP contribution is -2.06. The molecule has 0 spiro atoms. The molecule has 2 rings (SSSR count). The van der Waals surface area contributed by atoms with Gasteiger partial charge in [0.1, 0.15) is 5.69 Å². The number of carboxylic acid groups (broad SMARTS) is 1. The zero-order chi connectivity index (χ0) is 14.5. The van der Waals surface area contributed by atoms with Crippen LogP contribution in [0.2, 0.25) is 0 Å². The smallest absolute Gasteiger partial charge is 0.335 e. The molecule has 20 heavy (non-hydrogen) atoms. The van der Waals surface area contributed by atoms with Crippen LogP contribution in [-0.2, 0) is 0 Å². The number of nitrogens with one attached hydrogen (secondary N) is 1. The largest absolute Gasteiger partial charge is 0.478 e. The Bertz CT molecular complexity index is 566. The summed E-state index contributed by atoms with van der Waals surface area (Å²) in [4.78, 5) is 21.2. The number of aromatic carboxylic acids is 1. The number of hydrogen-bond donors (Lipinski definition) is 2. The molecule has 0 bridgehead atoms. The van der Waals surface area contributed by atoms with E-state index in [2.05, 4.69) is 11.4 Å². The molecule has 0 heterocycles. The van der Waals surface area contributed by atoms with Gasteiger partial charge in [0.15, 0.2) is 0 Å². The van der Waals surface area contributed by atoms with Gasteiger partial charge in [0.05, 0.1) is 10.5 Å². The highest BCUT2D eigenvalue weighted by atomic mass is 16.6. The highest BCUT2D eigenvalue weighted by molar-refractivity contribution is 5.89. The predicted molar refractivity (Wildman–Crippen MR) is 75.1 cm³/mol. The first-order chi connectivity index (χ1) is 9.58. The number of benzene rings is 1. The molecule has 0 fully saturated rings. The Morgan fingerprint density at radius 3 is 2.85 bits per heavy atom. The summed E-state index contributed by atoms with van der Waals surface area (Å²) in [5, 5.41) is 22.8. The maximum atomic E-state index is 11.0. The third-order valence-electron chi connectivity index (χ3n) is 3.34. The number of hydrogen-bond acceptors (Lipinski definition) is 4. The summed E-state index contributed by atoms with van der Waals surface area (Å²) in [6, 6.07) is 3.90. The lowest BCUT2D eigenvalue weighted by atomic mass is 10.1. The van der Waals surface area contributed by atoms with Crippen LogP contribution in [0, 0.1) is 10.1 Å². The third-order valence-corrected chi connectivity index (χ3v) is 3.34. The summed E-state index contributed by atoms with van der Waals surface area (Å²) in [5.74, 6) is -1.17. The van der Waals surface area contributed by atoms with Gasteiger partial charge in [-0.2, -0.15) is 0 Å². The van der Waals surface area contributed by atoms with E-state index in [0.717, 1.165) is 25.3 Å². The zero-order valence-corrected chi connectivity index (χ0v) is 11.0. The Kier molecular flexibility index (Phi) is 4.34. The Hall–Kier alpha value is -2.37. The van der Waals surface area contributed by atoms with Gasteiger partial charge in [0.25, 0.3) is 5.69 Å². The number of allylic oxidation sites excluding steroid dienone is 1. The van der Waals surface area contributed by atoms with Crippen LogP contribution in [-0.4, -0.2) is 22.5 Å². The Balaban J connectivity index is 2.06. The van der Waals surface area contributed by atoms with E-state index in [-0.39, 0.29) is 11.3 Å². The van der Waals surface area contributed by atoms with Crippen molar-refractivity contribution in [3.8, 4) is 0 Å². The molecule has 0 aliphatic heterocycles. The Morgan fingerprint density at radius 2 is 2.25 bits per heavy atom. The van der Waals surface area contributed by atoms with E-state index >= 15 is 0 Å². The molecule has 1 aromatic carbocycles. The van der Waals surface area contributed by atoms with Crippen LogP contribution in [0.25, 0.3) is 0 Å². The molecule has 2 N–H and O–H groups in total. The molecule has 1 aliphatic rings. The molecule has 1 aliphatic carbocycles. The topological polar surface area (TPSA) is 92.5 Å². The summed E-state index contributed by atoms with van der Waals surface area (Å²) in [5.41, 5.74) is 1.45. The highest BCUT2D eigenvalue weighted by Crippen LogP contribution is 2.26. The van der Waals surface area contributed by atoms with E-state index in [1.165, 1.54) is 24.1 Å². The number of carbonyl (C=O) groups is 1. The van der Waals surface area contributed by atoms with Crippen LogP contribution in [0.1, 0.15) is 36.0 Å². The average molecular weight is 276 g/mol. The van der Waals surface area contributed by atoms with Crippen LogP contribution < -0.4 is 5.32 Å².